The van der Waals surface area contributed by atoms with Crippen LogP contribution >= 0.6 is 0 Å². The van der Waals surface area contributed by atoms with Gasteiger partial charge in [0.25, 0.3) is 0 Å². The molecular weight excluding hydrogens is 258 g/mol. The van der Waals surface area contributed by atoms with Crippen molar-refractivity contribution in [3.63, 3.8) is 0 Å². The van der Waals surface area contributed by atoms with E-state index in [1.165, 1.54) is 30.6 Å². The van der Waals surface area contributed by atoms with Gasteiger partial charge in [0.2, 0.25) is 5.91 Å². The molecule has 1 saturated heterocycles. The molecule has 0 unspecified atom stereocenters. The Kier molecular flexibility index (Phi) is 7.59. The highest BCUT2D eigenvalue weighted by atomic mass is 16.4. The van der Waals surface area contributed by atoms with Crippen LogP contribution in [0.1, 0.15) is 64.7 Å². The van der Waals surface area contributed by atoms with Crippen LogP contribution in [-0.2, 0) is 9.59 Å². The Morgan fingerprint density at radius 3 is 2.30 bits per heavy atom. The molecule has 0 bridgehead atoms. The quantitative estimate of drug-likeness (QED) is 0.636. The second-order valence-corrected chi connectivity index (χ2v) is 5.66. The van der Waals surface area contributed by atoms with Gasteiger partial charge in [-0.3, -0.25) is 4.79 Å². The van der Waals surface area contributed by atoms with Gasteiger partial charge in [0.1, 0.15) is 6.04 Å². The first-order chi connectivity index (χ1) is 9.56. The topological polar surface area (TPSA) is 77.8 Å². The molecule has 116 valence electrons. The number of hydrogen-bond donors (Lipinski definition) is 2. The number of aliphatic hydroxyl groups is 1. The summed E-state index contributed by atoms with van der Waals surface area (Å²) in [5.41, 5.74) is 0. The standard InChI is InChI=1S/C15H27NO4/c1-2-3-4-5-6-7-8-9-14(18)16-11-12(17)10-13(16)15(19)20/h12-13,17H,2-11H2,1H3,(H,19,20)/t12-,13+/m1/s1. The Labute approximate surface area is 121 Å². The Morgan fingerprint density at radius 1 is 1.10 bits per heavy atom. The van der Waals surface area contributed by atoms with Crippen molar-refractivity contribution in [1.29, 1.82) is 0 Å². The van der Waals surface area contributed by atoms with E-state index >= 15 is 0 Å². The second-order valence-electron chi connectivity index (χ2n) is 5.66. The SMILES string of the molecule is CCCCCCCCCC(=O)N1C[C@H](O)C[C@H]1C(=O)O. The van der Waals surface area contributed by atoms with Crippen LogP contribution in [0, 0.1) is 0 Å². The molecule has 0 aliphatic carbocycles. The monoisotopic (exact) mass is 285 g/mol. The molecule has 0 aromatic rings. The summed E-state index contributed by atoms with van der Waals surface area (Å²) in [7, 11) is 0. The molecule has 20 heavy (non-hydrogen) atoms. The molecule has 5 heteroatoms. The van der Waals surface area contributed by atoms with Crippen molar-refractivity contribution in [1.82, 2.24) is 4.90 Å². The van der Waals surface area contributed by atoms with Gasteiger partial charge in [-0.15, -0.1) is 0 Å². The molecule has 0 spiro atoms. The van der Waals surface area contributed by atoms with E-state index in [0.29, 0.717) is 6.42 Å². The molecule has 1 fully saturated rings. The minimum Gasteiger partial charge on any atom is -0.480 e. The van der Waals surface area contributed by atoms with Gasteiger partial charge in [0.15, 0.2) is 0 Å². The Balaban J connectivity index is 2.20. The summed E-state index contributed by atoms with van der Waals surface area (Å²) in [6.45, 7) is 2.34. The number of rotatable bonds is 9. The van der Waals surface area contributed by atoms with Crippen molar-refractivity contribution < 1.29 is 19.8 Å². The third-order valence-corrected chi connectivity index (χ3v) is 3.88. The van der Waals surface area contributed by atoms with Crippen LogP contribution in [0.5, 0.6) is 0 Å². The van der Waals surface area contributed by atoms with Crippen LogP contribution in [0.25, 0.3) is 0 Å². The van der Waals surface area contributed by atoms with Gasteiger partial charge in [-0.1, -0.05) is 45.4 Å². The first-order valence-electron chi connectivity index (χ1n) is 7.76. The van der Waals surface area contributed by atoms with E-state index in [0.717, 1.165) is 19.3 Å². The Hall–Kier alpha value is -1.10. The van der Waals surface area contributed by atoms with Crippen LogP contribution in [-0.4, -0.2) is 45.7 Å². The predicted octanol–water partition coefficient (Wildman–Crippen LogP) is 2.17. The van der Waals surface area contributed by atoms with E-state index < -0.39 is 18.1 Å². The molecule has 0 radical (unpaired) electrons. The maximum atomic E-state index is 12.0. The van der Waals surface area contributed by atoms with Crippen molar-refractivity contribution in [3.8, 4) is 0 Å². The Bertz CT molecular complexity index is 319. The van der Waals surface area contributed by atoms with Crippen LogP contribution in [0.15, 0.2) is 0 Å². The number of aliphatic carboxylic acids is 1. The van der Waals surface area contributed by atoms with Crippen LogP contribution in [0.3, 0.4) is 0 Å². The average molecular weight is 285 g/mol. The van der Waals surface area contributed by atoms with Gasteiger partial charge in [-0.2, -0.15) is 0 Å². The lowest BCUT2D eigenvalue weighted by molar-refractivity contribution is -0.148. The molecule has 1 heterocycles. The molecule has 1 aliphatic rings. The van der Waals surface area contributed by atoms with Gasteiger partial charge in [0.05, 0.1) is 6.10 Å². The number of nitrogens with zero attached hydrogens (tertiary/aromatic N) is 1. The highest BCUT2D eigenvalue weighted by molar-refractivity contribution is 5.84. The van der Waals surface area contributed by atoms with E-state index in [2.05, 4.69) is 6.92 Å². The van der Waals surface area contributed by atoms with E-state index in [-0.39, 0.29) is 18.9 Å². The number of aliphatic hydroxyl groups excluding tert-OH is 1. The molecule has 2 N–H and O–H groups in total. The van der Waals surface area contributed by atoms with Crippen LogP contribution in [0.4, 0.5) is 0 Å². The summed E-state index contributed by atoms with van der Waals surface area (Å²) < 4.78 is 0. The molecule has 0 aromatic carbocycles. The number of carboxylic acids is 1. The maximum Gasteiger partial charge on any atom is 0.326 e. The average Bonchev–Trinajstić information content (AvgIpc) is 2.80. The van der Waals surface area contributed by atoms with Crippen molar-refractivity contribution in [2.45, 2.75) is 76.9 Å². The van der Waals surface area contributed by atoms with Gasteiger partial charge in [0, 0.05) is 19.4 Å². The normalized spacial score (nSPS) is 22.2. The molecule has 2 atom stereocenters. The zero-order valence-corrected chi connectivity index (χ0v) is 12.4. The summed E-state index contributed by atoms with van der Waals surface area (Å²) in [5, 5.41) is 18.5. The van der Waals surface area contributed by atoms with Crippen LogP contribution < -0.4 is 0 Å². The lowest BCUT2D eigenvalue weighted by Gasteiger charge is -2.21. The van der Waals surface area contributed by atoms with E-state index in [9.17, 15) is 14.7 Å². The fourth-order valence-electron chi connectivity index (χ4n) is 2.70. The third-order valence-electron chi connectivity index (χ3n) is 3.88. The summed E-state index contributed by atoms with van der Waals surface area (Å²) in [6, 6.07) is -0.845. The summed E-state index contributed by atoms with van der Waals surface area (Å²) in [5.74, 6) is -1.16. The number of likely N-dealkylation sites (tertiary alicyclic amines) is 1. The van der Waals surface area contributed by atoms with Crippen molar-refractivity contribution >= 4 is 11.9 Å². The fourth-order valence-corrected chi connectivity index (χ4v) is 2.70. The third kappa shape index (κ3) is 5.49. The van der Waals surface area contributed by atoms with Gasteiger partial charge >= 0.3 is 5.97 Å². The maximum absolute atomic E-state index is 12.0. The largest absolute Gasteiger partial charge is 0.480 e. The Morgan fingerprint density at radius 2 is 1.70 bits per heavy atom. The van der Waals surface area contributed by atoms with Crippen molar-refractivity contribution in [2.24, 2.45) is 0 Å². The van der Waals surface area contributed by atoms with Gasteiger partial charge < -0.3 is 15.1 Å². The first kappa shape index (κ1) is 17.0. The van der Waals surface area contributed by atoms with E-state index in [1.54, 1.807) is 0 Å². The minimum atomic E-state index is -1.02. The number of carbonyl (C=O) groups is 2. The lowest BCUT2D eigenvalue weighted by Crippen LogP contribution is -2.40. The predicted molar refractivity (Wildman–Crippen MR) is 76.4 cm³/mol. The van der Waals surface area contributed by atoms with Crippen molar-refractivity contribution in [3.05, 3.63) is 0 Å². The first-order valence-corrected chi connectivity index (χ1v) is 7.76. The number of carboxylic acid groups (broad SMARTS) is 1. The number of unbranched alkanes of at least 4 members (excludes halogenated alkanes) is 6. The van der Waals surface area contributed by atoms with E-state index in [4.69, 9.17) is 5.11 Å². The zero-order chi connectivity index (χ0) is 15.0. The smallest absolute Gasteiger partial charge is 0.326 e. The summed E-state index contributed by atoms with van der Waals surface area (Å²) in [6.07, 6.45) is 7.77. The zero-order valence-electron chi connectivity index (χ0n) is 12.4. The van der Waals surface area contributed by atoms with Crippen molar-refractivity contribution in [2.75, 3.05) is 6.54 Å². The molecule has 1 aliphatic heterocycles. The molecule has 0 saturated carbocycles. The summed E-state index contributed by atoms with van der Waals surface area (Å²) >= 11 is 0. The highest BCUT2D eigenvalue weighted by Gasteiger charge is 2.38. The lowest BCUT2D eigenvalue weighted by atomic mass is 10.1. The van der Waals surface area contributed by atoms with Crippen LogP contribution in [0.2, 0.25) is 0 Å². The molecule has 5 nitrogen and oxygen atoms in total. The number of amides is 1. The fraction of sp³-hybridized carbons (Fsp3) is 0.867. The molecule has 0 aromatic heterocycles. The highest BCUT2D eigenvalue weighted by Crippen LogP contribution is 2.20. The molecule has 1 rings (SSSR count). The molecule has 1 amide bonds. The van der Waals surface area contributed by atoms with Gasteiger partial charge in [-0.05, 0) is 6.42 Å². The second kappa shape index (κ2) is 8.95. The minimum absolute atomic E-state index is 0.137. The van der Waals surface area contributed by atoms with E-state index in [1.807, 2.05) is 0 Å². The number of carbonyl (C=O) groups excluding carboxylic acids is 1. The number of hydrogen-bond acceptors (Lipinski definition) is 3. The number of β-amino-alcohol motifs (C(OH)–C–C–N with tert-alkyl or cyclic N) is 1. The van der Waals surface area contributed by atoms with Gasteiger partial charge in [-0.25, -0.2) is 4.79 Å². The molecular formula is C15H27NO4. The summed E-state index contributed by atoms with van der Waals surface area (Å²) in [4.78, 5) is 24.3.